The molecular formula is C21H35N5O3. The summed E-state index contributed by atoms with van der Waals surface area (Å²) in [7, 11) is 0. The smallest absolute Gasteiger partial charge is 0.0594 e. The van der Waals surface area contributed by atoms with Crippen LogP contribution < -0.4 is 11.5 Å². The van der Waals surface area contributed by atoms with Crippen molar-refractivity contribution in [2.24, 2.45) is 0 Å². The van der Waals surface area contributed by atoms with Crippen molar-refractivity contribution in [2.75, 3.05) is 90.4 Å². The Hall–Kier alpha value is -1.42. The monoisotopic (exact) mass is 405 g/mol. The first kappa shape index (κ1) is 20.8. The second-order valence-electron chi connectivity index (χ2n) is 8.17. The summed E-state index contributed by atoms with van der Waals surface area (Å²) in [5, 5.41) is 0. The Morgan fingerprint density at radius 1 is 0.586 bits per heavy atom. The molecule has 1 aromatic rings. The zero-order valence-corrected chi connectivity index (χ0v) is 17.4. The largest absolute Gasteiger partial charge is 0.398 e. The number of nitrogens with zero attached hydrogens (tertiary/aromatic N) is 3. The molecular weight excluding hydrogens is 370 g/mol. The number of hydrogen-bond acceptors (Lipinski definition) is 8. The Morgan fingerprint density at radius 3 is 1.31 bits per heavy atom. The summed E-state index contributed by atoms with van der Waals surface area (Å²) in [4.78, 5) is 7.23. The van der Waals surface area contributed by atoms with Gasteiger partial charge < -0.3 is 25.7 Å². The molecule has 1 aromatic carbocycles. The predicted octanol–water partition coefficient (Wildman–Crippen LogP) is 0.348. The molecule has 3 heterocycles. The lowest BCUT2D eigenvalue weighted by Crippen LogP contribution is -2.38. The number of hydrogen-bond donors (Lipinski definition) is 2. The predicted molar refractivity (Wildman–Crippen MR) is 114 cm³/mol. The summed E-state index contributed by atoms with van der Waals surface area (Å²) in [6.45, 7) is 12.8. The van der Waals surface area contributed by atoms with Gasteiger partial charge in [0.2, 0.25) is 0 Å². The Bertz CT molecular complexity index is 625. The average Bonchev–Trinajstić information content (AvgIpc) is 2.77. The summed E-state index contributed by atoms with van der Waals surface area (Å²) >= 11 is 0. The van der Waals surface area contributed by atoms with Gasteiger partial charge in [-0.25, -0.2) is 0 Å². The highest BCUT2D eigenvalue weighted by molar-refractivity contribution is 5.69. The second-order valence-corrected chi connectivity index (χ2v) is 8.17. The number of nitrogens with two attached hydrogens (primary N) is 2. The van der Waals surface area contributed by atoms with Gasteiger partial charge in [-0.1, -0.05) is 0 Å². The lowest BCUT2D eigenvalue weighted by Gasteiger charge is -2.32. The van der Waals surface area contributed by atoms with E-state index in [1.54, 1.807) is 0 Å². The molecule has 0 radical (unpaired) electrons. The zero-order chi connectivity index (χ0) is 20.1. The van der Waals surface area contributed by atoms with Crippen LogP contribution in [0.25, 0.3) is 0 Å². The molecule has 8 nitrogen and oxygen atoms in total. The van der Waals surface area contributed by atoms with E-state index in [4.69, 9.17) is 25.7 Å². The van der Waals surface area contributed by atoms with Gasteiger partial charge in [0.15, 0.2) is 0 Å². The van der Waals surface area contributed by atoms with Crippen molar-refractivity contribution >= 4 is 11.4 Å². The quantitative estimate of drug-likeness (QED) is 0.656. The fraction of sp³-hybridized carbons (Fsp3) is 0.714. The molecule has 0 amide bonds. The molecule has 8 heteroatoms. The van der Waals surface area contributed by atoms with Gasteiger partial charge in [0.05, 0.1) is 39.6 Å². The van der Waals surface area contributed by atoms with Crippen molar-refractivity contribution in [2.45, 2.75) is 19.6 Å². The van der Waals surface area contributed by atoms with E-state index >= 15 is 0 Å². The zero-order valence-electron chi connectivity index (χ0n) is 17.4. The minimum atomic E-state index is 0.772. The number of anilines is 2. The van der Waals surface area contributed by atoms with Gasteiger partial charge in [0.1, 0.15) is 0 Å². The third-order valence-electron chi connectivity index (χ3n) is 6.17. The minimum Gasteiger partial charge on any atom is -0.398 e. The second kappa shape index (κ2) is 10.1. The van der Waals surface area contributed by atoms with Crippen molar-refractivity contribution < 1.29 is 14.2 Å². The van der Waals surface area contributed by atoms with Crippen LogP contribution >= 0.6 is 0 Å². The van der Waals surface area contributed by atoms with E-state index in [2.05, 4.69) is 20.8 Å². The maximum absolute atomic E-state index is 6.69. The summed E-state index contributed by atoms with van der Waals surface area (Å²) in [6, 6.07) is 2.23. The topological polar surface area (TPSA) is 89.4 Å². The fourth-order valence-electron chi connectivity index (χ4n) is 4.31. The molecule has 0 unspecified atom stereocenters. The van der Waals surface area contributed by atoms with E-state index in [1.807, 2.05) is 0 Å². The Kier molecular flexibility index (Phi) is 7.23. The molecule has 29 heavy (non-hydrogen) atoms. The molecule has 0 bridgehead atoms. The average molecular weight is 406 g/mol. The third-order valence-corrected chi connectivity index (χ3v) is 6.17. The molecule has 0 spiro atoms. The number of benzene rings is 1. The number of morpholine rings is 3. The number of ether oxygens (including phenoxy) is 3. The molecule has 0 saturated carbocycles. The van der Waals surface area contributed by atoms with E-state index in [0.29, 0.717) is 0 Å². The molecule has 3 saturated heterocycles. The van der Waals surface area contributed by atoms with Gasteiger partial charge in [-0.2, -0.15) is 0 Å². The molecule has 4 N–H and O–H groups in total. The first-order valence-corrected chi connectivity index (χ1v) is 10.8. The SMILES string of the molecule is Nc1c(CN2CCOCC2)cc(CN2CCOCC2)c(N)c1CN1CCOCC1. The third kappa shape index (κ3) is 5.39. The van der Waals surface area contributed by atoms with E-state index in [9.17, 15) is 0 Å². The maximum Gasteiger partial charge on any atom is 0.0594 e. The van der Waals surface area contributed by atoms with Crippen LogP contribution in [0.2, 0.25) is 0 Å². The van der Waals surface area contributed by atoms with Gasteiger partial charge in [0.25, 0.3) is 0 Å². The summed E-state index contributed by atoms with van der Waals surface area (Å²) in [5.41, 5.74) is 18.5. The standard InChI is InChI=1S/C21H35N5O3/c22-20-17(14-24-1-7-27-8-2-24)13-18(15-25-3-9-28-10-4-25)21(23)19(20)16-26-5-11-29-12-6-26/h13H,1-12,14-16,22-23H2. The van der Waals surface area contributed by atoms with Gasteiger partial charge in [-0.05, 0) is 17.2 Å². The minimum absolute atomic E-state index is 0.772. The van der Waals surface area contributed by atoms with E-state index in [0.717, 1.165) is 115 Å². The van der Waals surface area contributed by atoms with Gasteiger partial charge in [-0.15, -0.1) is 0 Å². The molecule has 3 fully saturated rings. The van der Waals surface area contributed by atoms with Crippen molar-refractivity contribution in [3.63, 3.8) is 0 Å². The van der Waals surface area contributed by atoms with Crippen molar-refractivity contribution in [3.8, 4) is 0 Å². The Morgan fingerprint density at radius 2 is 0.931 bits per heavy atom. The van der Waals surface area contributed by atoms with Crippen molar-refractivity contribution in [1.82, 2.24) is 14.7 Å². The highest BCUT2D eigenvalue weighted by Crippen LogP contribution is 2.31. The summed E-state index contributed by atoms with van der Waals surface area (Å²) in [5.74, 6) is 0. The van der Waals surface area contributed by atoms with Crippen molar-refractivity contribution in [1.29, 1.82) is 0 Å². The lowest BCUT2D eigenvalue weighted by molar-refractivity contribution is 0.0328. The first-order chi connectivity index (χ1) is 14.2. The van der Waals surface area contributed by atoms with Crippen LogP contribution in [-0.4, -0.2) is 93.6 Å². The highest BCUT2D eigenvalue weighted by atomic mass is 16.5. The Labute approximate surface area is 173 Å². The molecule has 3 aliphatic heterocycles. The van der Waals surface area contributed by atoms with Gasteiger partial charge >= 0.3 is 0 Å². The Balaban J connectivity index is 1.59. The van der Waals surface area contributed by atoms with Gasteiger partial charge in [0, 0.05) is 75.8 Å². The van der Waals surface area contributed by atoms with E-state index < -0.39 is 0 Å². The van der Waals surface area contributed by atoms with Gasteiger partial charge in [-0.3, -0.25) is 14.7 Å². The van der Waals surface area contributed by atoms with Crippen LogP contribution in [0.15, 0.2) is 6.07 Å². The molecule has 0 aromatic heterocycles. The molecule has 0 atom stereocenters. The molecule has 4 rings (SSSR count). The lowest BCUT2D eigenvalue weighted by atomic mass is 9.98. The van der Waals surface area contributed by atoms with Crippen LogP contribution in [0.1, 0.15) is 16.7 Å². The molecule has 162 valence electrons. The van der Waals surface area contributed by atoms with Crippen molar-refractivity contribution in [3.05, 3.63) is 22.8 Å². The summed E-state index contributed by atoms with van der Waals surface area (Å²) < 4.78 is 16.5. The highest BCUT2D eigenvalue weighted by Gasteiger charge is 2.22. The van der Waals surface area contributed by atoms with Crippen LogP contribution in [0.3, 0.4) is 0 Å². The maximum atomic E-state index is 6.69. The van der Waals surface area contributed by atoms with Crippen LogP contribution in [0.4, 0.5) is 11.4 Å². The fourth-order valence-corrected chi connectivity index (χ4v) is 4.31. The molecule has 0 aliphatic carbocycles. The van der Waals surface area contributed by atoms with E-state index in [1.165, 1.54) is 11.1 Å². The van der Waals surface area contributed by atoms with Crippen LogP contribution in [0.5, 0.6) is 0 Å². The number of rotatable bonds is 6. The normalized spacial score (nSPS) is 22.8. The van der Waals surface area contributed by atoms with Crippen LogP contribution in [0, 0.1) is 0 Å². The summed E-state index contributed by atoms with van der Waals surface area (Å²) in [6.07, 6.45) is 0. The van der Waals surface area contributed by atoms with E-state index in [-0.39, 0.29) is 0 Å². The molecule has 3 aliphatic rings. The van der Waals surface area contributed by atoms with Crippen LogP contribution in [-0.2, 0) is 33.8 Å². The number of nitrogen functional groups attached to an aromatic ring is 2. The first-order valence-electron chi connectivity index (χ1n) is 10.8.